The van der Waals surface area contributed by atoms with Gasteiger partial charge >= 0.3 is 0 Å². The zero-order valence-corrected chi connectivity index (χ0v) is 21.2. The average molecular weight is 505 g/mol. The van der Waals surface area contributed by atoms with Crippen molar-refractivity contribution < 1.29 is 29.0 Å². The Hall–Kier alpha value is -3.65. The average Bonchev–Trinajstić information content (AvgIpc) is 3.57. The van der Waals surface area contributed by atoms with Gasteiger partial charge in [0.15, 0.2) is 5.54 Å². The van der Waals surface area contributed by atoms with E-state index >= 15 is 0 Å². The minimum atomic E-state index is -1.76. The number of nitrogens with zero attached hydrogens (tertiary/aromatic N) is 2. The zero-order valence-electron chi connectivity index (χ0n) is 21.2. The summed E-state index contributed by atoms with van der Waals surface area (Å²) in [5, 5.41) is 11.6. The molecule has 5 rings (SSSR count). The van der Waals surface area contributed by atoms with Gasteiger partial charge < -0.3 is 24.4 Å². The Bertz CT molecular complexity index is 1250. The number of hydrogen-bond donors (Lipinski definition) is 1. The molecule has 0 radical (unpaired) electrons. The summed E-state index contributed by atoms with van der Waals surface area (Å²) in [7, 11) is 0. The van der Waals surface area contributed by atoms with E-state index in [0.29, 0.717) is 42.3 Å². The molecule has 8 heteroatoms. The van der Waals surface area contributed by atoms with Gasteiger partial charge in [-0.2, -0.15) is 0 Å². The first-order valence-electron chi connectivity index (χ1n) is 13.0. The first-order chi connectivity index (χ1) is 17.9. The normalized spacial score (nSPS) is 24.4. The number of aliphatic hydroxyl groups is 1. The van der Waals surface area contributed by atoms with Crippen molar-refractivity contribution in [3.8, 4) is 5.75 Å². The number of benzene rings is 2. The van der Waals surface area contributed by atoms with E-state index in [2.05, 4.69) is 0 Å². The Balaban J connectivity index is 1.73. The molecule has 3 aliphatic heterocycles. The van der Waals surface area contributed by atoms with Crippen LogP contribution >= 0.6 is 0 Å². The SMILES string of the molecule is CCCCN1C(=O)C2(/C(=C(\O)c3ccc(OCC)cc3)C(=O)C(=O)N2CC2CCCO2)c2ccccc21. The minimum Gasteiger partial charge on any atom is -0.507 e. The highest BCUT2D eigenvalue weighted by molar-refractivity contribution is 6.50. The molecule has 2 fully saturated rings. The summed E-state index contributed by atoms with van der Waals surface area (Å²) < 4.78 is 11.3. The molecule has 2 unspecified atom stereocenters. The molecule has 2 aromatic carbocycles. The molecular weight excluding hydrogens is 472 g/mol. The lowest BCUT2D eigenvalue weighted by Gasteiger charge is -2.35. The van der Waals surface area contributed by atoms with Crippen molar-refractivity contribution in [2.75, 3.05) is 31.2 Å². The fourth-order valence-corrected chi connectivity index (χ4v) is 5.67. The molecule has 1 N–H and O–H groups in total. The van der Waals surface area contributed by atoms with Crippen molar-refractivity contribution in [1.82, 2.24) is 4.90 Å². The Morgan fingerprint density at radius 3 is 2.54 bits per heavy atom. The Labute approximate surface area is 216 Å². The summed E-state index contributed by atoms with van der Waals surface area (Å²) in [5.41, 5.74) is -0.447. The van der Waals surface area contributed by atoms with Crippen LogP contribution in [0.4, 0.5) is 5.69 Å². The van der Waals surface area contributed by atoms with Crippen molar-refractivity contribution >= 4 is 29.0 Å². The number of ether oxygens (including phenoxy) is 2. The lowest BCUT2D eigenvalue weighted by atomic mass is 9.81. The molecule has 8 nitrogen and oxygen atoms in total. The van der Waals surface area contributed by atoms with Crippen molar-refractivity contribution in [1.29, 1.82) is 0 Å². The summed E-state index contributed by atoms with van der Waals surface area (Å²) in [6.45, 7) is 5.50. The summed E-state index contributed by atoms with van der Waals surface area (Å²) in [5.74, 6) is -1.84. The van der Waals surface area contributed by atoms with Crippen molar-refractivity contribution in [2.24, 2.45) is 0 Å². The van der Waals surface area contributed by atoms with Gasteiger partial charge in [0.25, 0.3) is 17.6 Å². The molecule has 0 aromatic heterocycles. The number of para-hydroxylation sites is 1. The van der Waals surface area contributed by atoms with Crippen molar-refractivity contribution in [2.45, 2.75) is 51.2 Å². The molecule has 2 saturated heterocycles. The van der Waals surface area contributed by atoms with Crippen molar-refractivity contribution in [3.63, 3.8) is 0 Å². The van der Waals surface area contributed by atoms with Crippen LogP contribution in [0.1, 0.15) is 50.7 Å². The number of likely N-dealkylation sites (tertiary alicyclic amines) is 1. The molecule has 0 bridgehead atoms. The van der Waals surface area contributed by atoms with E-state index in [-0.39, 0.29) is 24.0 Å². The summed E-state index contributed by atoms with van der Waals surface area (Å²) >= 11 is 0. The van der Waals surface area contributed by atoms with E-state index in [1.54, 1.807) is 41.3 Å². The Morgan fingerprint density at radius 2 is 1.86 bits per heavy atom. The maximum Gasteiger partial charge on any atom is 0.296 e. The number of carbonyl (C=O) groups excluding carboxylic acids is 3. The lowest BCUT2D eigenvalue weighted by Crippen LogP contribution is -2.54. The van der Waals surface area contributed by atoms with Crippen LogP contribution in [0, 0.1) is 0 Å². The van der Waals surface area contributed by atoms with E-state index in [0.717, 1.165) is 25.7 Å². The third-order valence-corrected chi connectivity index (χ3v) is 7.39. The van der Waals surface area contributed by atoms with E-state index in [1.165, 1.54) is 4.90 Å². The third kappa shape index (κ3) is 3.91. The fraction of sp³-hybridized carbons (Fsp3) is 0.414. The van der Waals surface area contributed by atoms with Gasteiger partial charge in [-0.1, -0.05) is 31.5 Å². The van der Waals surface area contributed by atoms with Gasteiger partial charge in [0.05, 0.1) is 24.0 Å². The molecule has 37 heavy (non-hydrogen) atoms. The standard InChI is InChI=1S/C29H32N2O6/c1-3-5-16-30-23-11-7-6-10-22(23)29(28(30)35)24(25(32)19-12-14-20(15-13-19)36-4-2)26(33)27(34)31(29)18-21-9-8-17-37-21/h6-7,10-15,21,32H,3-5,8-9,16-18H2,1-2H3/b25-24-. The number of carbonyl (C=O) groups is 3. The van der Waals surface area contributed by atoms with Crippen LogP contribution < -0.4 is 9.64 Å². The van der Waals surface area contributed by atoms with Gasteiger partial charge in [-0.25, -0.2) is 0 Å². The molecule has 3 heterocycles. The molecular formula is C29H32N2O6. The number of fused-ring (bicyclic) bond motifs is 2. The molecule has 3 aliphatic rings. The minimum absolute atomic E-state index is 0.0896. The number of amides is 2. The fourth-order valence-electron chi connectivity index (χ4n) is 5.67. The van der Waals surface area contributed by atoms with Gasteiger partial charge in [0, 0.05) is 30.8 Å². The largest absolute Gasteiger partial charge is 0.507 e. The monoisotopic (exact) mass is 504 g/mol. The van der Waals surface area contributed by atoms with Gasteiger partial charge in [0.2, 0.25) is 0 Å². The van der Waals surface area contributed by atoms with Crippen LogP contribution in [0.15, 0.2) is 54.1 Å². The predicted octanol–water partition coefficient (Wildman–Crippen LogP) is 3.99. The lowest BCUT2D eigenvalue weighted by molar-refractivity contribution is -0.145. The van der Waals surface area contributed by atoms with Crippen LogP contribution in [0.25, 0.3) is 5.76 Å². The zero-order chi connectivity index (χ0) is 26.2. The second-order valence-corrected chi connectivity index (χ2v) is 9.60. The number of Topliss-reactive ketones (excluding diaryl/α,β-unsaturated/α-hetero) is 1. The summed E-state index contributed by atoms with van der Waals surface area (Å²) in [6, 6.07) is 13.9. The first-order valence-corrected chi connectivity index (χ1v) is 13.0. The van der Waals surface area contributed by atoms with E-state index in [1.807, 2.05) is 26.0 Å². The molecule has 0 aliphatic carbocycles. The molecule has 1 spiro atoms. The maximum atomic E-state index is 14.4. The smallest absolute Gasteiger partial charge is 0.296 e. The molecule has 2 atom stereocenters. The molecule has 194 valence electrons. The molecule has 2 amide bonds. The van der Waals surface area contributed by atoms with Gasteiger partial charge in [0.1, 0.15) is 11.5 Å². The van der Waals surface area contributed by atoms with Crippen LogP contribution in [0.3, 0.4) is 0 Å². The van der Waals surface area contributed by atoms with Crippen LogP contribution in [-0.4, -0.2) is 60.0 Å². The maximum absolute atomic E-state index is 14.4. The Kier molecular flexibility index (Phi) is 6.77. The quantitative estimate of drug-likeness (QED) is 0.332. The Morgan fingerprint density at radius 1 is 1.11 bits per heavy atom. The number of hydrogen-bond acceptors (Lipinski definition) is 6. The highest BCUT2D eigenvalue weighted by Gasteiger charge is 2.67. The third-order valence-electron chi connectivity index (χ3n) is 7.39. The van der Waals surface area contributed by atoms with E-state index < -0.39 is 23.1 Å². The highest BCUT2D eigenvalue weighted by atomic mass is 16.5. The number of anilines is 1. The topological polar surface area (TPSA) is 96.4 Å². The summed E-state index contributed by atoms with van der Waals surface area (Å²) in [4.78, 5) is 44.7. The second-order valence-electron chi connectivity index (χ2n) is 9.60. The van der Waals surface area contributed by atoms with E-state index in [9.17, 15) is 19.5 Å². The summed E-state index contributed by atoms with van der Waals surface area (Å²) in [6.07, 6.45) is 2.92. The van der Waals surface area contributed by atoms with Gasteiger partial charge in [-0.05, 0) is 56.5 Å². The second kappa shape index (κ2) is 10.0. The first kappa shape index (κ1) is 25.0. The van der Waals surface area contributed by atoms with Gasteiger partial charge in [-0.3, -0.25) is 14.4 Å². The molecule has 2 aromatic rings. The highest BCUT2D eigenvalue weighted by Crippen LogP contribution is 2.54. The van der Waals surface area contributed by atoms with Gasteiger partial charge in [-0.15, -0.1) is 0 Å². The van der Waals surface area contributed by atoms with E-state index in [4.69, 9.17) is 9.47 Å². The van der Waals surface area contributed by atoms with Crippen LogP contribution in [0.2, 0.25) is 0 Å². The number of ketones is 1. The molecule has 0 saturated carbocycles. The number of aliphatic hydroxyl groups excluding tert-OH is 1. The number of unbranched alkanes of at least 4 members (excludes halogenated alkanes) is 1. The van der Waals surface area contributed by atoms with Crippen LogP contribution in [0.5, 0.6) is 5.75 Å². The van der Waals surface area contributed by atoms with Crippen molar-refractivity contribution in [3.05, 3.63) is 65.2 Å². The van der Waals surface area contributed by atoms with Crippen LogP contribution in [-0.2, 0) is 24.7 Å². The predicted molar refractivity (Wildman–Crippen MR) is 138 cm³/mol. The number of rotatable bonds is 8.